The van der Waals surface area contributed by atoms with Crippen molar-refractivity contribution < 1.29 is 14.3 Å². The van der Waals surface area contributed by atoms with E-state index >= 15 is 0 Å². The fourth-order valence-electron chi connectivity index (χ4n) is 1.46. The van der Waals surface area contributed by atoms with Gasteiger partial charge in [0, 0.05) is 11.6 Å². The number of hydrogen-bond acceptors (Lipinski definition) is 5. The SMILES string of the molecule is COc1cccc(C(=O)c2ccc(OC)nn2)c1. The molecule has 5 nitrogen and oxygen atoms in total. The van der Waals surface area contributed by atoms with E-state index in [1.807, 2.05) is 0 Å². The van der Waals surface area contributed by atoms with Gasteiger partial charge in [-0.25, -0.2) is 0 Å². The first-order valence-electron chi connectivity index (χ1n) is 5.31. The predicted octanol–water partition coefficient (Wildman–Crippen LogP) is 1.72. The lowest BCUT2D eigenvalue weighted by Gasteiger charge is -2.03. The van der Waals surface area contributed by atoms with Gasteiger partial charge < -0.3 is 9.47 Å². The van der Waals surface area contributed by atoms with E-state index in [0.717, 1.165) is 0 Å². The molecule has 0 saturated heterocycles. The smallest absolute Gasteiger partial charge is 0.233 e. The molecule has 92 valence electrons. The van der Waals surface area contributed by atoms with Crippen LogP contribution in [0.25, 0.3) is 0 Å². The van der Waals surface area contributed by atoms with Gasteiger partial charge >= 0.3 is 0 Å². The molecule has 0 N–H and O–H groups in total. The molecule has 0 atom stereocenters. The summed E-state index contributed by atoms with van der Waals surface area (Å²) >= 11 is 0. The highest BCUT2D eigenvalue weighted by atomic mass is 16.5. The molecule has 0 fully saturated rings. The summed E-state index contributed by atoms with van der Waals surface area (Å²) in [5, 5.41) is 7.58. The second-order valence-electron chi connectivity index (χ2n) is 3.52. The topological polar surface area (TPSA) is 61.3 Å². The zero-order chi connectivity index (χ0) is 13.0. The molecular formula is C13H12N2O3. The van der Waals surface area contributed by atoms with Crippen LogP contribution in [0.3, 0.4) is 0 Å². The third-order valence-electron chi connectivity index (χ3n) is 2.41. The number of benzene rings is 1. The van der Waals surface area contributed by atoms with Gasteiger partial charge in [-0.3, -0.25) is 4.79 Å². The summed E-state index contributed by atoms with van der Waals surface area (Å²) in [7, 11) is 3.05. The van der Waals surface area contributed by atoms with Gasteiger partial charge in [0.25, 0.3) is 0 Å². The summed E-state index contributed by atoms with van der Waals surface area (Å²) in [5.41, 5.74) is 0.776. The molecule has 0 bridgehead atoms. The van der Waals surface area contributed by atoms with Crippen molar-refractivity contribution >= 4 is 5.78 Å². The number of ketones is 1. The lowest BCUT2D eigenvalue weighted by Crippen LogP contribution is -2.05. The molecule has 2 rings (SSSR count). The third kappa shape index (κ3) is 2.45. The van der Waals surface area contributed by atoms with Crippen molar-refractivity contribution in [1.82, 2.24) is 10.2 Å². The lowest BCUT2D eigenvalue weighted by molar-refractivity contribution is 0.103. The molecule has 0 aliphatic heterocycles. The Labute approximate surface area is 104 Å². The molecule has 1 heterocycles. The largest absolute Gasteiger partial charge is 0.497 e. The summed E-state index contributed by atoms with van der Waals surface area (Å²) in [6.07, 6.45) is 0. The van der Waals surface area contributed by atoms with E-state index in [1.54, 1.807) is 43.5 Å². The minimum absolute atomic E-state index is 0.205. The van der Waals surface area contributed by atoms with Crippen LogP contribution in [-0.2, 0) is 0 Å². The van der Waals surface area contributed by atoms with Crippen LogP contribution >= 0.6 is 0 Å². The van der Waals surface area contributed by atoms with E-state index in [-0.39, 0.29) is 11.5 Å². The standard InChI is InChI=1S/C13H12N2O3/c1-17-10-5-3-4-9(8-10)13(16)11-6-7-12(18-2)15-14-11/h3-8H,1-2H3. The van der Waals surface area contributed by atoms with Crippen LogP contribution in [0, 0.1) is 0 Å². The third-order valence-corrected chi connectivity index (χ3v) is 2.41. The second kappa shape index (κ2) is 5.27. The van der Waals surface area contributed by atoms with Crippen LogP contribution < -0.4 is 9.47 Å². The highest BCUT2D eigenvalue weighted by Crippen LogP contribution is 2.15. The maximum atomic E-state index is 12.1. The molecule has 0 radical (unpaired) electrons. The van der Waals surface area contributed by atoms with E-state index in [4.69, 9.17) is 9.47 Å². The fourth-order valence-corrected chi connectivity index (χ4v) is 1.46. The van der Waals surface area contributed by atoms with Crippen LogP contribution in [-0.4, -0.2) is 30.2 Å². The Morgan fingerprint density at radius 1 is 1.06 bits per heavy atom. The molecule has 0 aliphatic rings. The number of rotatable bonds is 4. The maximum Gasteiger partial charge on any atom is 0.233 e. The monoisotopic (exact) mass is 244 g/mol. The van der Waals surface area contributed by atoms with E-state index < -0.39 is 0 Å². The zero-order valence-corrected chi connectivity index (χ0v) is 10.1. The fraction of sp³-hybridized carbons (Fsp3) is 0.154. The molecule has 1 aromatic carbocycles. The predicted molar refractivity (Wildman–Crippen MR) is 65.0 cm³/mol. The Kier molecular flexibility index (Phi) is 3.52. The van der Waals surface area contributed by atoms with Gasteiger partial charge in [-0.2, -0.15) is 0 Å². The molecule has 18 heavy (non-hydrogen) atoms. The number of carbonyl (C=O) groups excluding carboxylic acids is 1. The average Bonchev–Trinajstić information content (AvgIpc) is 2.46. The van der Waals surface area contributed by atoms with Gasteiger partial charge in [0.15, 0.2) is 0 Å². The van der Waals surface area contributed by atoms with E-state index in [9.17, 15) is 4.79 Å². The van der Waals surface area contributed by atoms with Gasteiger partial charge in [0.1, 0.15) is 11.4 Å². The first-order chi connectivity index (χ1) is 8.74. The van der Waals surface area contributed by atoms with Gasteiger partial charge in [-0.05, 0) is 18.2 Å². The van der Waals surface area contributed by atoms with Crippen LogP contribution in [0.5, 0.6) is 11.6 Å². The summed E-state index contributed by atoms with van der Waals surface area (Å²) in [6.45, 7) is 0. The highest BCUT2D eigenvalue weighted by molar-refractivity contribution is 6.07. The summed E-state index contributed by atoms with van der Waals surface area (Å²) < 4.78 is 9.96. The van der Waals surface area contributed by atoms with Crippen molar-refractivity contribution in [3.63, 3.8) is 0 Å². The van der Waals surface area contributed by atoms with Crippen molar-refractivity contribution in [1.29, 1.82) is 0 Å². The molecule has 0 spiro atoms. The molecule has 0 aliphatic carbocycles. The van der Waals surface area contributed by atoms with Gasteiger partial charge in [0.2, 0.25) is 11.7 Å². The normalized spacial score (nSPS) is 9.89. The number of aromatic nitrogens is 2. The first kappa shape index (κ1) is 12.0. The maximum absolute atomic E-state index is 12.1. The number of ether oxygens (including phenoxy) is 2. The number of nitrogens with zero attached hydrogens (tertiary/aromatic N) is 2. The Balaban J connectivity index is 2.29. The molecule has 1 aromatic heterocycles. The Morgan fingerprint density at radius 2 is 1.89 bits per heavy atom. The van der Waals surface area contributed by atoms with E-state index in [2.05, 4.69) is 10.2 Å². The minimum Gasteiger partial charge on any atom is -0.497 e. The number of hydrogen-bond donors (Lipinski definition) is 0. The molecule has 0 unspecified atom stereocenters. The number of methoxy groups -OCH3 is 2. The highest BCUT2D eigenvalue weighted by Gasteiger charge is 2.12. The van der Waals surface area contributed by atoms with Gasteiger partial charge in [-0.1, -0.05) is 12.1 Å². The summed E-state index contributed by atoms with van der Waals surface area (Å²) in [5.74, 6) is 0.795. The lowest BCUT2D eigenvalue weighted by atomic mass is 10.1. The van der Waals surface area contributed by atoms with Crippen LogP contribution in [0.15, 0.2) is 36.4 Å². The Bertz CT molecular complexity index is 552. The van der Waals surface area contributed by atoms with Crippen molar-refractivity contribution in [3.8, 4) is 11.6 Å². The zero-order valence-electron chi connectivity index (χ0n) is 10.1. The van der Waals surface area contributed by atoms with Crippen LogP contribution in [0.2, 0.25) is 0 Å². The van der Waals surface area contributed by atoms with Gasteiger partial charge in [0.05, 0.1) is 14.2 Å². The summed E-state index contributed by atoms with van der Waals surface area (Å²) in [6, 6.07) is 10.1. The second-order valence-corrected chi connectivity index (χ2v) is 3.52. The van der Waals surface area contributed by atoms with Crippen molar-refractivity contribution in [2.24, 2.45) is 0 Å². The van der Waals surface area contributed by atoms with Crippen molar-refractivity contribution in [3.05, 3.63) is 47.7 Å². The minimum atomic E-state index is -0.205. The quantitative estimate of drug-likeness (QED) is 0.766. The molecule has 2 aromatic rings. The Hall–Kier alpha value is -2.43. The Morgan fingerprint density at radius 3 is 2.50 bits per heavy atom. The first-order valence-corrected chi connectivity index (χ1v) is 5.31. The van der Waals surface area contributed by atoms with E-state index in [0.29, 0.717) is 17.2 Å². The van der Waals surface area contributed by atoms with Crippen molar-refractivity contribution in [2.75, 3.05) is 14.2 Å². The van der Waals surface area contributed by atoms with E-state index in [1.165, 1.54) is 7.11 Å². The average molecular weight is 244 g/mol. The molecule has 5 heteroatoms. The van der Waals surface area contributed by atoms with Crippen LogP contribution in [0.4, 0.5) is 0 Å². The molecular weight excluding hydrogens is 232 g/mol. The van der Waals surface area contributed by atoms with Gasteiger partial charge in [-0.15, -0.1) is 10.2 Å². The number of carbonyl (C=O) groups is 1. The summed E-state index contributed by atoms with van der Waals surface area (Å²) in [4.78, 5) is 12.1. The molecule has 0 saturated carbocycles. The molecule has 0 amide bonds. The van der Waals surface area contributed by atoms with Crippen molar-refractivity contribution in [2.45, 2.75) is 0 Å². The van der Waals surface area contributed by atoms with Crippen LogP contribution in [0.1, 0.15) is 16.1 Å².